The van der Waals surface area contributed by atoms with Crippen molar-refractivity contribution in [2.24, 2.45) is 0 Å². The van der Waals surface area contributed by atoms with Crippen molar-refractivity contribution in [2.45, 2.75) is 19.9 Å². The molecule has 10 heavy (non-hydrogen) atoms. The largest absolute Gasteiger partial charge is 0.198 e. The van der Waals surface area contributed by atoms with E-state index in [0.717, 1.165) is 0 Å². The van der Waals surface area contributed by atoms with Crippen LogP contribution in [-0.2, 0) is 13.0 Å². The highest BCUT2D eigenvalue weighted by Gasteiger charge is 1.97. The highest BCUT2D eigenvalue weighted by Crippen LogP contribution is 1.85. The zero-order chi connectivity index (χ0) is 7.40. The lowest BCUT2D eigenvalue weighted by Crippen LogP contribution is -1.98. The van der Waals surface area contributed by atoms with Gasteiger partial charge in [0.1, 0.15) is 0 Å². The van der Waals surface area contributed by atoms with Gasteiger partial charge in [0.25, 0.3) is 0 Å². The lowest BCUT2D eigenvalue weighted by Gasteiger charge is -1.84. The first-order valence-corrected chi connectivity index (χ1v) is 3.00. The highest BCUT2D eigenvalue weighted by molar-refractivity contribution is 4.89. The molecule has 0 saturated carbocycles. The van der Waals surface area contributed by atoms with Crippen molar-refractivity contribution in [2.75, 3.05) is 0 Å². The van der Waals surface area contributed by atoms with Gasteiger partial charge < -0.3 is 0 Å². The van der Waals surface area contributed by atoms with Crippen LogP contribution in [0.3, 0.4) is 0 Å². The first kappa shape index (κ1) is 6.68. The van der Waals surface area contributed by atoms with Crippen LogP contribution in [0.1, 0.15) is 12.7 Å². The summed E-state index contributed by atoms with van der Waals surface area (Å²) in [6.07, 6.45) is 0.236. The third kappa shape index (κ3) is 1.29. The molecule has 0 aliphatic heterocycles. The van der Waals surface area contributed by atoms with E-state index in [1.165, 1.54) is 4.80 Å². The minimum Gasteiger partial charge on any atom is -0.198 e. The maximum absolute atomic E-state index is 8.23. The van der Waals surface area contributed by atoms with E-state index in [1.54, 1.807) is 0 Å². The molecule has 52 valence electrons. The van der Waals surface area contributed by atoms with Crippen LogP contribution in [0.5, 0.6) is 0 Å². The van der Waals surface area contributed by atoms with Crippen LogP contribution in [0.15, 0.2) is 0 Å². The Hall–Kier alpha value is -1.44. The summed E-state index contributed by atoms with van der Waals surface area (Å²) in [6, 6.07) is 1.94. The molecule has 0 radical (unpaired) electrons. The molecule has 0 aliphatic carbocycles. The van der Waals surface area contributed by atoms with Crippen LogP contribution in [0, 0.1) is 11.3 Å². The molecule has 0 bridgehead atoms. The monoisotopic (exact) mass is 137 g/mol. The molecule has 0 fully saturated rings. The molecular formula is C5H7N5. The number of aryl methyl sites for hydroxylation is 1. The number of hydrogen-bond acceptors (Lipinski definition) is 4. The number of tetrazole rings is 1. The van der Waals surface area contributed by atoms with Crippen molar-refractivity contribution in [3.05, 3.63) is 5.82 Å². The Morgan fingerprint density at radius 3 is 3.00 bits per heavy atom. The van der Waals surface area contributed by atoms with Gasteiger partial charge in [0.15, 0.2) is 5.82 Å². The van der Waals surface area contributed by atoms with Crippen LogP contribution in [0.25, 0.3) is 0 Å². The fourth-order valence-electron chi connectivity index (χ4n) is 0.552. The van der Waals surface area contributed by atoms with E-state index in [4.69, 9.17) is 5.26 Å². The summed E-state index contributed by atoms with van der Waals surface area (Å²) in [7, 11) is 0. The van der Waals surface area contributed by atoms with Crippen LogP contribution in [0.2, 0.25) is 0 Å². The maximum Gasteiger partial charge on any atom is 0.188 e. The lowest BCUT2D eigenvalue weighted by atomic mass is 10.5. The normalized spacial score (nSPS) is 9.20. The average molecular weight is 137 g/mol. The quantitative estimate of drug-likeness (QED) is 0.564. The van der Waals surface area contributed by atoms with Crippen LogP contribution in [0.4, 0.5) is 0 Å². The minimum atomic E-state index is 0.236. The lowest BCUT2D eigenvalue weighted by molar-refractivity contribution is 0.551. The number of hydrogen-bond donors (Lipinski definition) is 0. The van der Waals surface area contributed by atoms with Crippen molar-refractivity contribution in [3.8, 4) is 6.07 Å². The zero-order valence-electron chi connectivity index (χ0n) is 5.65. The minimum absolute atomic E-state index is 0.236. The third-order valence-corrected chi connectivity index (χ3v) is 1.01. The van der Waals surface area contributed by atoms with Gasteiger partial charge in [0, 0.05) is 0 Å². The average Bonchev–Trinajstić information content (AvgIpc) is 2.37. The van der Waals surface area contributed by atoms with E-state index in [2.05, 4.69) is 15.4 Å². The van der Waals surface area contributed by atoms with Crippen molar-refractivity contribution >= 4 is 0 Å². The van der Waals surface area contributed by atoms with Gasteiger partial charge in [0.2, 0.25) is 0 Å². The van der Waals surface area contributed by atoms with Gasteiger partial charge in [-0.1, -0.05) is 0 Å². The van der Waals surface area contributed by atoms with E-state index < -0.39 is 0 Å². The Morgan fingerprint density at radius 1 is 1.70 bits per heavy atom. The zero-order valence-corrected chi connectivity index (χ0v) is 5.65. The molecule has 1 rings (SSSR count). The summed E-state index contributed by atoms with van der Waals surface area (Å²) < 4.78 is 0. The molecule has 0 atom stereocenters. The van der Waals surface area contributed by atoms with Crippen molar-refractivity contribution in [3.63, 3.8) is 0 Å². The summed E-state index contributed by atoms with van der Waals surface area (Å²) in [4.78, 5) is 1.45. The van der Waals surface area contributed by atoms with E-state index in [9.17, 15) is 0 Å². The molecule has 0 amide bonds. The fourth-order valence-corrected chi connectivity index (χ4v) is 0.552. The molecule has 5 nitrogen and oxygen atoms in total. The molecule has 1 aromatic heterocycles. The molecule has 0 aromatic carbocycles. The second-order valence-electron chi connectivity index (χ2n) is 1.73. The van der Waals surface area contributed by atoms with Crippen molar-refractivity contribution in [1.82, 2.24) is 20.2 Å². The van der Waals surface area contributed by atoms with Gasteiger partial charge in [0.05, 0.1) is 19.0 Å². The van der Waals surface area contributed by atoms with Crippen LogP contribution >= 0.6 is 0 Å². The molecule has 0 aliphatic rings. The first-order valence-electron chi connectivity index (χ1n) is 3.00. The fraction of sp³-hybridized carbons (Fsp3) is 0.600. The molecular weight excluding hydrogens is 130 g/mol. The van der Waals surface area contributed by atoms with E-state index in [0.29, 0.717) is 12.4 Å². The molecule has 0 saturated heterocycles. The second kappa shape index (κ2) is 2.92. The van der Waals surface area contributed by atoms with Gasteiger partial charge in [-0.3, -0.25) is 0 Å². The van der Waals surface area contributed by atoms with Crippen molar-refractivity contribution < 1.29 is 0 Å². The third-order valence-electron chi connectivity index (χ3n) is 1.01. The molecule has 1 aromatic rings. The Labute approximate surface area is 58.3 Å². The van der Waals surface area contributed by atoms with Crippen LogP contribution in [-0.4, -0.2) is 20.2 Å². The molecule has 1 heterocycles. The van der Waals surface area contributed by atoms with Gasteiger partial charge >= 0.3 is 0 Å². The highest BCUT2D eigenvalue weighted by atomic mass is 15.6. The Bertz CT molecular complexity index is 245. The molecule has 5 heteroatoms. The van der Waals surface area contributed by atoms with Gasteiger partial charge in [-0.15, -0.1) is 10.2 Å². The topological polar surface area (TPSA) is 67.4 Å². The van der Waals surface area contributed by atoms with E-state index in [-0.39, 0.29) is 6.42 Å². The van der Waals surface area contributed by atoms with Crippen molar-refractivity contribution in [1.29, 1.82) is 5.26 Å². The predicted octanol–water partition coefficient (Wildman–Crippen LogP) is -0.241. The smallest absolute Gasteiger partial charge is 0.188 e. The summed E-state index contributed by atoms with van der Waals surface area (Å²) in [5.74, 6) is 0.490. The Morgan fingerprint density at radius 2 is 2.50 bits per heavy atom. The van der Waals surface area contributed by atoms with E-state index >= 15 is 0 Å². The standard InChI is InChI=1S/C5H7N5/c1-2-10-8-5(3-4-6)7-9-10/h2-3H2,1H3. The van der Waals surface area contributed by atoms with Gasteiger partial charge in [-0.25, -0.2) is 0 Å². The summed E-state index contributed by atoms with van der Waals surface area (Å²) in [5, 5.41) is 19.4. The van der Waals surface area contributed by atoms with Gasteiger partial charge in [-0.05, 0) is 12.1 Å². The molecule has 0 N–H and O–H groups in total. The number of nitrogens with zero attached hydrogens (tertiary/aromatic N) is 5. The Kier molecular flexibility index (Phi) is 1.95. The molecule has 0 unspecified atom stereocenters. The van der Waals surface area contributed by atoms with E-state index in [1.807, 2.05) is 13.0 Å². The molecule has 0 spiro atoms. The van der Waals surface area contributed by atoms with Crippen LogP contribution < -0.4 is 0 Å². The first-order chi connectivity index (χ1) is 4.86. The summed E-state index contributed by atoms with van der Waals surface area (Å²) in [5.41, 5.74) is 0. The second-order valence-corrected chi connectivity index (χ2v) is 1.73. The maximum atomic E-state index is 8.23. The van der Waals surface area contributed by atoms with Gasteiger partial charge in [-0.2, -0.15) is 10.1 Å². The number of nitriles is 1. The summed E-state index contributed by atoms with van der Waals surface area (Å²) >= 11 is 0. The number of aromatic nitrogens is 4. The Balaban J connectivity index is 2.70. The summed E-state index contributed by atoms with van der Waals surface area (Å²) in [6.45, 7) is 2.61. The SMILES string of the molecule is CCn1nnc(CC#N)n1. The predicted molar refractivity (Wildman–Crippen MR) is 32.8 cm³/mol. The number of rotatable bonds is 2.